The lowest BCUT2D eigenvalue weighted by atomic mass is 9.78. The first-order valence-electron chi connectivity index (χ1n) is 23.1. The van der Waals surface area contributed by atoms with Gasteiger partial charge in [-0.25, -0.2) is 45.6 Å². The Morgan fingerprint density at radius 2 is 1.03 bits per heavy atom. The molecule has 5 N–H and O–H groups in total. The van der Waals surface area contributed by atoms with Crippen LogP contribution >= 0.6 is 23.2 Å². The minimum Gasteiger partial charge on any atom is -0.379 e. The average molecular weight is 1130 g/mol. The molecule has 0 saturated heterocycles. The molecule has 2 aliphatic carbocycles. The number of sulfonamides is 2. The summed E-state index contributed by atoms with van der Waals surface area (Å²) < 4.78 is 164. The lowest BCUT2D eigenvalue weighted by Crippen LogP contribution is -2.47. The van der Waals surface area contributed by atoms with Crippen molar-refractivity contribution in [2.75, 3.05) is 41.2 Å². The quantitative estimate of drug-likeness (QED) is 0.0652. The molecule has 2 saturated carbocycles. The second kappa shape index (κ2) is 23.5. The van der Waals surface area contributed by atoms with Crippen molar-refractivity contribution in [1.29, 1.82) is 0 Å². The molecule has 0 aliphatic heterocycles. The molecule has 2 heterocycles. The van der Waals surface area contributed by atoms with Gasteiger partial charge in [0.1, 0.15) is 45.7 Å². The molecular formula is C49H50Cl2F8N10O4S2. The Balaban J connectivity index is 0.000000219. The van der Waals surface area contributed by atoms with E-state index in [1.54, 1.807) is 19.2 Å². The smallest absolute Gasteiger partial charge is 0.379 e. The molecule has 2 aromatic heterocycles. The van der Waals surface area contributed by atoms with Crippen LogP contribution in [-0.4, -0.2) is 87.0 Å². The van der Waals surface area contributed by atoms with Gasteiger partial charge < -0.3 is 20.9 Å². The van der Waals surface area contributed by atoms with Gasteiger partial charge in [-0.15, -0.1) is 0 Å². The predicted octanol–water partition coefficient (Wildman–Crippen LogP) is 11.2. The zero-order valence-electron chi connectivity index (χ0n) is 40.1. The van der Waals surface area contributed by atoms with Crippen molar-refractivity contribution in [2.45, 2.75) is 96.7 Å². The van der Waals surface area contributed by atoms with Crippen molar-refractivity contribution in [3.8, 4) is 0 Å². The Kier molecular flexibility index (Phi) is 17.8. The number of anilines is 4. The van der Waals surface area contributed by atoms with E-state index >= 15 is 4.39 Å². The highest BCUT2D eigenvalue weighted by Crippen LogP contribution is 2.41. The highest BCUT2D eigenvalue weighted by atomic mass is 35.5. The van der Waals surface area contributed by atoms with Gasteiger partial charge in [-0.05, 0) is 131 Å². The minimum absolute atomic E-state index is 0.000632. The molecule has 6 aromatic rings. The number of hydrogen-bond acceptors (Lipinski definition) is 12. The summed E-state index contributed by atoms with van der Waals surface area (Å²) >= 11 is 12.7. The fourth-order valence-electron chi connectivity index (χ4n) is 9.27. The lowest BCUT2D eigenvalue weighted by molar-refractivity contribution is -0.138. The van der Waals surface area contributed by atoms with Gasteiger partial charge in [0.25, 0.3) is 20.0 Å². The summed E-state index contributed by atoms with van der Waals surface area (Å²) in [6.45, 7) is 0. The monoisotopic (exact) mass is 1130 g/mol. The standard InChI is InChI=1S/C25H26ClF4N5O2S.C24H24ClF4N5O2S/c1-35(2)22-11-16(15-4-3-5-17(10-15)25(28,29)30)6-7-20(22)33-21-13-19(27)23(12-18(21)26)38(36,37)34-24-8-9-31-14-32-24;1-30-21-10-15(14-3-2-4-16(9-14)24(27,28)29)5-6-19(21)33-20-12-18(26)22(11-17(20)25)37(35,36)34-23-7-8-31-13-32-23/h3-5,8-10,12-14,16,20,22,33H,6-7,11H2,1-2H3,(H,31,32,34);2-4,7-9,11-13,15,19,21,30,33H,5-6,10H2,1H3,(H,31,32,34)/t16-,20-,22-;15-,19-,21-/m00/s1. The number of rotatable bonds is 14. The molecule has 0 radical (unpaired) electrons. The van der Waals surface area contributed by atoms with Crippen LogP contribution < -0.4 is 25.4 Å². The van der Waals surface area contributed by atoms with Crippen LogP contribution in [-0.2, 0) is 32.4 Å². The van der Waals surface area contributed by atoms with Crippen molar-refractivity contribution in [1.82, 2.24) is 30.2 Å². The molecule has 26 heteroatoms. The number of nitrogens with zero attached hydrogens (tertiary/aromatic N) is 5. The molecule has 75 heavy (non-hydrogen) atoms. The molecular weight excluding hydrogens is 1080 g/mol. The molecule has 0 spiro atoms. The van der Waals surface area contributed by atoms with Crippen LogP contribution in [0.1, 0.15) is 72.6 Å². The number of likely N-dealkylation sites (N-methyl/N-ethyl adjacent to an activating group) is 2. The number of hydrogen-bond donors (Lipinski definition) is 5. The maximum atomic E-state index is 15.0. The average Bonchev–Trinajstić information content (AvgIpc) is 3.36. The fraction of sp³-hybridized carbons (Fsp3) is 0.347. The molecule has 2 fully saturated rings. The third-order valence-corrected chi connectivity index (χ3v) is 16.4. The van der Waals surface area contributed by atoms with Crippen LogP contribution in [0.2, 0.25) is 10.0 Å². The zero-order chi connectivity index (χ0) is 54.5. The molecule has 402 valence electrons. The van der Waals surface area contributed by atoms with Gasteiger partial charge in [0.05, 0.1) is 32.5 Å². The molecule has 6 atom stereocenters. The van der Waals surface area contributed by atoms with E-state index in [1.807, 2.05) is 19.0 Å². The van der Waals surface area contributed by atoms with E-state index < -0.39 is 65.0 Å². The van der Waals surface area contributed by atoms with Crippen LogP contribution in [0.3, 0.4) is 0 Å². The summed E-state index contributed by atoms with van der Waals surface area (Å²) in [5.74, 6) is -2.24. The second-order valence-corrected chi connectivity index (χ2v) is 22.2. The predicted molar refractivity (Wildman–Crippen MR) is 270 cm³/mol. The van der Waals surface area contributed by atoms with Crippen LogP contribution in [0.15, 0.2) is 120 Å². The lowest BCUT2D eigenvalue weighted by Gasteiger charge is -2.41. The zero-order valence-corrected chi connectivity index (χ0v) is 43.2. The summed E-state index contributed by atoms with van der Waals surface area (Å²) in [6, 6.07) is 16.8. The summed E-state index contributed by atoms with van der Waals surface area (Å²) in [5.41, 5.74) is 0.312. The SMILES string of the molecule is CN(C)[C@H]1C[C@@H](c2cccc(C(F)(F)F)c2)CC[C@@H]1Nc1cc(F)c(S(=O)(=O)Nc2ccncn2)cc1Cl.CN[C@H]1C[C@@H](c2cccc(C(F)(F)F)c2)CC[C@@H]1Nc1cc(F)c(S(=O)(=O)Nc2ccncn2)cc1Cl. The molecule has 2 aliphatic rings. The maximum absolute atomic E-state index is 15.0. The van der Waals surface area contributed by atoms with Gasteiger partial charge in [0.15, 0.2) is 0 Å². The normalized spacial score (nSPS) is 20.4. The van der Waals surface area contributed by atoms with E-state index in [0.717, 1.165) is 49.1 Å². The summed E-state index contributed by atoms with van der Waals surface area (Å²) in [7, 11) is -3.14. The van der Waals surface area contributed by atoms with Crippen molar-refractivity contribution in [3.63, 3.8) is 0 Å². The fourth-order valence-corrected chi connectivity index (χ4v) is 12.0. The number of halogens is 10. The van der Waals surface area contributed by atoms with Gasteiger partial charge in [0, 0.05) is 36.6 Å². The molecule has 8 rings (SSSR count). The number of nitrogens with one attached hydrogen (secondary N) is 5. The highest BCUT2D eigenvalue weighted by molar-refractivity contribution is 7.93. The maximum Gasteiger partial charge on any atom is 0.416 e. The summed E-state index contributed by atoms with van der Waals surface area (Å²) in [5, 5.41) is 9.59. The van der Waals surface area contributed by atoms with Crippen molar-refractivity contribution < 1.29 is 52.0 Å². The van der Waals surface area contributed by atoms with E-state index in [0.29, 0.717) is 49.7 Å². The van der Waals surface area contributed by atoms with Gasteiger partial charge in [-0.1, -0.05) is 59.6 Å². The van der Waals surface area contributed by atoms with E-state index in [-0.39, 0.29) is 69.1 Å². The van der Waals surface area contributed by atoms with Crippen LogP contribution in [0.5, 0.6) is 0 Å². The van der Waals surface area contributed by atoms with E-state index in [2.05, 4.69) is 45.3 Å². The van der Waals surface area contributed by atoms with E-state index in [1.165, 1.54) is 48.8 Å². The van der Waals surface area contributed by atoms with Crippen molar-refractivity contribution in [2.24, 2.45) is 0 Å². The molecule has 14 nitrogen and oxygen atoms in total. The first-order valence-corrected chi connectivity index (χ1v) is 26.8. The van der Waals surface area contributed by atoms with Gasteiger partial charge in [-0.3, -0.25) is 9.44 Å². The van der Waals surface area contributed by atoms with Crippen LogP contribution in [0, 0.1) is 11.6 Å². The summed E-state index contributed by atoms with van der Waals surface area (Å²) in [4.78, 5) is 15.6. The Morgan fingerprint density at radius 3 is 1.44 bits per heavy atom. The third-order valence-electron chi connectivity index (χ3n) is 13.0. The number of alkyl halides is 6. The van der Waals surface area contributed by atoms with Crippen molar-refractivity contribution in [3.05, 3.63) is 154 Å². The Hall–Kier alpha value is -5.92. The Labute approximate surface area is 438 Å². The first kappa shape index (κ1) is 56.8. The topological polar surface area (TPSA) is 183 Å². The Morgan fingerprint density at radius 1 is 0.587 bits per heavy atom. The number of benzene rings is 4. The Bertz CT molecular complexity index is 3170. The van der Waals surface area contributed by atoms with E-state index in [4.69, 9.17) is 23.2 Å². The first-order chi connectivity index (χ1) is 35.3. The van der Waals surface area contributed by atoms with E-state index in [9.17, 15) is 47.6 Å². The van der Waals surface area contributed by atoms with Gasteiger partial charge >= 0.3 is 12.4 Å². The second-order valence-electron chi connectivity index (χ2n) is 18.1. The van der Waals surface area contributed by atoms with Gasteiger partial charge in [-0.2, -0.15) is 26.3 Å². The summed E-state index contributed by atoms with van der Waals surface area (Å²) in [6.07, 6.45) is -0.382. The van der Waals surface area contributed by atoms with Crippen LogP contribution in [0.25, 0.3) is 0 Å². The highest BCUT2D eigenvalue weighted by Gasteiger charge is 2.37. The largest absolute Gasteiger partial charge is 0.416 e. The third kappa shape index (κ3) is 14.3. The van der Waals surface area contributed by atoms with Crippen LogP contribution in [0.4, 0.5) is 58.1 Å². The van der Waals surface area contributed by atoms with Crippen molar-refractivity contribution >= 4 is 66.3 Å². The molecule has 4 aromatic carbocycles. The molecule has 0 unspecified atom stereocenters. The molecule has 0 amide bonds. The minimum atomic E-state index is -4.42. The molecule has 0 bridgehead atoms. The van der Waals surface area contributed by atoms with Gasteiger partial charge in [0.2, 0.25) is 0 Å². The number of aromatic nitrogens is 4.